The molecule has 0 saturated carbocycles. The molecule has 14 heavy (non-hydrogen) atoms. The molecule has 1 aromatic carbocycles. The molecule has 0 spiro atoms. The Hall–Kier alpha value is -1.62. The average molecular weight is 199 g/mol. The van der Waals surface area contributed by atoms with Gasteiger partial charge in [0.15, 0.2) is 6.79 Å². The van der Waals surface area contributed by atoms with Crippen LogP contribution < -0.4 is 4.74 Å². The molecule has 0 aromatic heterocycles. The molecule has 0 unspecified atom stereocenters. The topological polar surface area (TPSA) is 51.0 Å². The summed E-state index contributed by atoms with van der Waals surface area (Å²) in [7, 11) is 1.46. The van der Waals surface area contributed by atoms with Crippen molar-refractivity contribution in [3.05, 3.63) is 29.6 Å². The van der Waals surface area contributed by atoms with Crippen LogP contribution in [0.3, 0.4) is 0 Å². The molecule has 1 rings (SSSR count). The van der Waals surface area contributed by atoms with Gasteiger partial charge in [-0.05, 0) is 12.1 Å². The maximum absolute atomic E-state index is 13.1. The van der Waals surface area contributed by atoms with Crippen LogP contribution in [0.25, 0.3) is 0 Å². The lowest BCUT2D eigenvalue weighted by Gasteiger charge is -2.07. The van der Waals surface area contributed by atoms with Crippen LogP contribution >= 0.6 is 0 Å². The van der Waals surface area contributed by atoms with E-state index in [-0.39, 0.29) is 18.1 Å². The van der Waals surface area contributed by atoms with E-state index in [1.807, 2.05) is 0 Å². The summed E-state index contributed by atoms with van der Waals surface area (Å²) < 4.78 is 22.9. The maximum atomic E-state index is 13.1. The monoisotopic (exact) mass is 199 g/mol. The fourth-order valence-corrected chi connectivity index (χ4v) is 0.949. The number of hydrogen-bond donors (Lipinski definition) is 1. The van der Waals surface area contributed by atoms with E-state index in [1.54, 1.807) is 6.07 Å². The molecule has 1 aromatic rings. The van der Waals surface area contributed by atoms with Crippen molar-refractivity contribution in [2.24, 2.45) is 5.16 Å². The molecule has 0 aliphatic heterocycles. The van der Waals surface area contributed by atoms with Gasteiger partial charge < -0.3 is 14.7 Å². The third-order valence-electron chi connectivity index (χ3n) is 1.53. The number of oxime groups is 1. The summed E-state index contributed by atoms with van der Waals surface area (Å²) in [5.41, 5.74) is 0.0899. The Morgan fingerprint density at radius 1 is 1.57 bits per heavy atom. The summed E-state index contributed by atoms with van der Waals surface area (Å²) >= 11 is 0. The molecule has 1 N–H and O–H groups in total. The first-order valence-electron chi connectivity index (χ1n) is 3.87. The Labute approximate surface area is 80.6 Å². The Bertz CT molecular complexity index is 328. The van der Waals surface area contributed by atoms with Crippen molar-refractivity contribution in [2.45, 2.75) is 0 Å². The molecule has 0 aliphatic carbocycles. The largest absolute Gasteiger partial charge is 0.467 e. The van der Waals surface area contributed by atoms with E-state index in [1.165, 1.54) is 19.2 Å². The highest BCUT2D eigenvalue weighted by molar-refractivity contribution is 5.83. The van der Waals surface area contributed by atoms with Gasteiger partial charge >= 0.3 is 0 Å². The van der Waals surface area contributed by atoms with Gasteiger partial charge in [-0.3, -0.25) is 0 Å². The molecule has 0 bridgehead atoms. The van der Waals surface area contributed by atoms with Crippen molar-refractivity contribution in [1.29, 1.82) is 0 Å². The molecular weight excluding hydrogens is 189 g/mol. The van der Waals surface area contributed by atoms with Crippen molar-refractivity contribution in [2.75, 3.05) is 13.9 Å². The minimum Gasteiger partial charge on any atom is -0.467 e. The number of halogens is 1. The van der Waals surface area contributed by atoms with Gasteiger partial charge in [-0.15, -0.1) is 0 Å². The molecule has 5 heteroatoms. The van der Waals surface area contributed by atoms with E-state index in [4.69, 9.17) is 9.94 Å². The molecule has 0 atom stereocenters. The predicted molar refractivity (Wildman–Crippen MR) is 48.3 cm³/mol. The second kappa shape index (κ2) is 5.18. The number of methoxy groups -OCH3 is 1. The lowest BCUT2D eigenvalue weighted by atomic mass is 10.2. The zero-order valence-corrected chi connectivity index (χ0v) is 7.61. The quantitative estimate of drug-likeness (QED) is 0.347. The molecule has 0 aliphatic rings. The van der Waals surface area contributed by atoms with Crippen molar-refractivity contribution >= 4 is 6.21 Å². The lowest BCUT2D eigenvalue weighted by molar-refractivity contribution is 0.0508. The fourth-order valence-electron chi connectivity index (χ4n) is 0.949. The fraction of sp³-hybridized carbons (Fsp3) is 0.222. The number of rotatable bonds is 4. The van der Waals surface area contributed by atoms with E-state index >= 15 is 0 Å². The Balaban J connectivity index is 2.95. The first kappa shape index (κ1) is 10.5. The summed E-state index contributed by atoms with van der Waals surface area (Å²) in [5.74, 6) is -0.249. The van der Waals surface area contributed by atoms with E-state index in [2.05, 4.69) is 9.89 Å². The first-order valence-corrected chi connectivity index (χ1v) is 3.87. The van der Waals surface area contributed by atoms with E-state index in [9.17, 15) is 4.39 Å². The van der Waals surface area contributed by atoms with E-state index in [0.717, 1.165) is 6.21 Å². The minimum absolute atomic E-state index is 0.00964. The predicted octanol–water partition coefficient (Wildman–Crippen LogP) is 1.62. The van der Waals surface area contributed by atoms with Gasteiger partial charge in [0.25, 0.3) is 0 Å². The Kier molecular flexibility index (Phi) is 3.87. The van der Waals surface area contributed by atoms with Crippen LogP contribution in [0.1, 0.15) is 5.56 Å². The highest BCUT2D eigenvalue weighted by atomic mass is 19.1. The SMILES string of the molecule is COCOc1cccc(F)c1C=NO. The first-order chi connectivity index (χ1) is 6.79. The third-order valence-corrected chi connectivity index (χ3v) is 1.53. The zero-order chi connectivity index (χ0) is 10.4. The van der Waals surface area contributed by atoms with Crippen LogP contribution in [0.5, 0.6) is 5.75 Å². The van der Waals surface area contributed by atoms with Crippen LogP contribution in [0.4, 0.5) is 4.39 Å². The van der Waals surface area contributed by atoms with Gasteiger partial charge in [-0.1, -0.05) is 11.2 Å². The zero-order valence-electron chi connectivity index (χ0n) is 7.61. The molecule has 4 nitrogen and oxygen atoms in total. The van der Waals surface area contributed by atoms with Crippen LogP contribution in [-0.2, 0) is 4.74 Å². The summed E-state index contributed by atoms with van der Waals surface area (Å²) in [5, 5.41) is 11.1. The standard InChI is InChI=1S/C9H10FNO3/c1-13-6-14-9-4-2-3-8(10)7(9)5-11-12/h2-5,12H,6H2,1H3. The summed E-state index contributed by atoms with van der Waals surface area (Å²) in [4.78, 5) is 0. The highest BCUT2D eigenvalue weighted by Crippen LogP contribution is 2.19. The van der Waals surface area contributed by atoms with E-state index < -0.39 is 5.82 Å². The molecule has 0 radical (unpaired) electrons. The van der Waals surface area contributed by atoms with Crippen molar-refractivity contribution in [3.63, 3.8) is 0 Å². The van der Waals surface area contributed by atoms with Gasteiger partial charge in [0.1, 0.15) is 11.6 Å². The van der Waals surface area contributed by atoms with E-state index in [0.29, 0.717) is 0 Å². The van der Waals surface area contributed by atoms with Crippen LogP contribution in [0.2, 0.25) is 0 Å². The smallest absolute Gasteiger partial charge is 0.188 e. The summed E-state index contributed by atoms with van der Waals surface area (Å²) in [6.07, 6.45) is 0.973. The highest BCUT2D eigenvalue weighted by Gasteiger charge is 2.06. The van der Waals surface area contributed by atoms with Crippen LogP contribution in [0.15, 0.2) is 23.4 Å². The second-order valence-corrected chi connectivity index (χ2v) is 2.45. The normalized spacial score (nSPS) is 10.7. The molecule has 0 saturated heterocycles. The van der Waals surface area contributed by atoms with Crippen molar-refractivity contribution in [3.8, 4) is 5.75 Å². The third kappa shape index (κ3) is 2.43. The van der Waals surface area contributed by atoms with Crippen molar-refractivity contribution < 1.29 is 19.1 Å². The van der Waals surface area contributed by atoms with Gasteiger partial charge in [-0.25, -0.2) is 4.39 Å². The lowest BCUT2D eigenvalue weighted by Crippen LogP contribution is -2.02. The maximum Gasteiger partial charge on any atom is 0.188 e. The molecule has 0 heterocycles. The molecule has 0 fully saturated rings. The minimum atomic E-state index is -0.517. The van der Waals surface area contributed by atoms with Gasteiger partial charge in [0, 0.05) is 7.11 Å². The number of hydrogen-bond acceptors (Lipinski definition) is 4. The van der Waals surface area contributed by atoms with Crippen LogP contribution in [0, 0.1) is 5.82 Å². The number of benzene rings is 1. The molecule has 76 valence electrons. The van der Waals surface area contributed by atoms with Gasteiger partial charge in [0.05, 0.1) is 11.8 Å². The second-order valence-electron chi connectivity index (χ2n) is 2.45. The molecule has 0 amide bonds. The van der Waals surface area contributed by atoms with Gasteiger partial charge in [0.2, 0.25) is 0 Å². The summed E-state index contributed by atoms with van der Waals surface area (Å²) in [6.45, 7) is 0.00964. The Morgan fingerprint density at radius 2 is 2.36 bits per heavy atom. The number of nitrogens with zero attached hydrogens (tertiary/aromatic N) is 1. The van der Waals surface area contributed by atoms with Gasteiger partial charge in [-0.2, -0.15) is 0 Å². The Morgan fingerprint density at radius 3 is 3.00 bits per heavy atom. The van der Waals surface area contributed by atoms with Crippen molar-refractivity contribution in [1.82, 2.24) is 0 Å². The number of ether oxygens (including phenoxy) is 2. The van der Waals surface area contributed by atoms with Crippen LogP contribution in [-0.4, -0.2) is 25.3 Å². The average Bonchev–Trinajstić information content (AvgIpc) is 2.19. The summed E-state index contributed by atoms with van der Waals surface area (Å²) in [6, 6.07) is 4.30. The molecular formula is C9H10FNO3.